The van der Waals surface area contributed by atoms with E-state index < -0.39 is 26.9 Å². The van der Waals surface area contributed by atoms with Crippen LogP contribution in [0.4, 0.5) is 5.69 Å². The van der Waals surface area contributed by atoms with Crippen LogP contribution in [0.1, 0.15) is 13.3 Å². The first-order chi connectivity index (χ1) is 9.84. The molecule has 0 aromatic heterocycles. The lowest BCUT2D eigenvalue weighted by Gasteiger charge is -2.14. The molecule has 112 valence electrons. The van der Waals surface area contributed by atoms with Gasteiger partial charge in [-0.15, -0.1) is 0 Å². The molecule has 0 saturated heterocycles. The summed E-state index contributed by atoms with van der Waals surface area (Å²) in [4.78, 5) is 23.0. The first kappa shape index (κ1) is 15.1. The Morgan fingerprint density at radius 2 is 2.10 bits per heavy atom. The van der Waals surface area contributed by atoms with E-state index in [4.69, 9.17) is 9.29 Å². The Balaban J connectivity index is 2.44. The van der Waals surface area contributed by atoms with Crippen molar-refractivity contribution in [2.75, 3.05) is 11.6 Å². The van der Waals surface area contributed by atoms with Gasteiger partial charge in [0.15, 0.2) is 5.71 Å². The molecule has 21 heavy (non-hydrogen) atoms. The molecule has 2 rings (SSSR count). The number of hydrazone groups is 1. The highest BCUT2D eigenvalue weighted by Crippen LogP contribution is 2.28. The number of amides is 1. The van der Waals surface area contributed by atoms with Crippen molar-refractivity contribution in [2.45, 2.75) is 18.2 Å². The zero-order valence-corrected chi connectivity index (χ0v) is 11.8. The van der Waals surface area contributed by atoms with Gasteiger partial charge >= 0.3 is 5.97 Å². The van der Waals surface area contributed by atoms with Crippen molar-refractivity contribution in [3.05, 3.63) is 24.3 Å². The number of para-hydroxylation sites is 1. The van der Waals surface area contributed by atoms with Gasteiger partial charge in [-0.1, -0.05) is 12.1 Å². The molecular formula is C12H12N2O6S. The smallest absolute Gasteiger partial charge is 0.355 e. The third kappa shape index (κ3) is 3.09. The van der Waals surface area contributed by atoms with Gasteiger partial charge in [0.1, 0.15) is 4.90 Å². The van der Waals surface area contributed by atoms with Crippen LogP contribution >= 0.6 is 0 Å². The third-order valence-electron chi connectivity index (χ3n) is 2.66. The molecule has 0 atom stereocenters. The van der Waals surface area contributed by atoms with Crippen LogP contribution in [-0.4, -0.2) is 37.2 Å². The number of hydrogen-bond acceptors (Lipinski definition) is 6. The lowest BCUT2D eigenvalue weighted by molar-refractivity contribution is -0.135. The van der Waals surface area contributed by atoms with E-state index in [1.54, 1.807) is 6.92 Å². The van der Waals surface area contributed by atoms with Crippen molar-refractivity contribution in [1.29, 1.82) is 0 Å². The average Bonchev–Trinajstić information content (AvgIpc) is 2.80. The zero-order valence-electron chi connectivity index (χ0n) is 11.0. The van der Waals surface area contributed by atoms with Crippen molar-refractivity contribution in [1.82, 2.24) is 0 Å². The molecular weight excluding hydrogens is 300 g/mol. The molecule has 0 bridgehead atoms. The maximum Gasteiger partial charge on any atom is 0.355 e. The number of esters is 1. The fraction of sp³-hybridized carbons (Fsp3) is 0.250. The maximum absolute atomic E-state index is 11.9. The van der Waals surface area contributed by atoms with Gasteiger partial charge < -0.3 is 4.74 Å². The lowest BCUT2D eigenvalue weighted by Crippen LogP contribution is -2.22. The number of carbonyl (C=O) groups is 2. The largest absolute Gasteiger partial charge is 0.461 e. The van der Waals surface area contributed by atoms with Crippen molar-refractivity contribution >= 4 is 33.4 Å². The van der Waals surface area contributed by atoms with Gasteiger partial charge in [-0.3, -0.25) is 9.35 Å². The first-order valence-corrected chi connectivity index (χ1v) is 7.42. The Hall–Kier alpha value is -2.26. The highest BCUT2D eigenvalue weighted by atomic mass is 32.2. The number of carbonyl (C=O) groups excluding carboxylic acids is 2. The van der Waals surface area contributed by atoms with Gasteiger partial charge in [0, 0.05) is 0 Å². The normalized spacial score (nSPS) is 15.0. The Kier molecular flexibility index (Phi) is 4.05. The van der Waals surface area contributed by atoms with Gasteiger partial charge in [0.25, 0.3) is 16.0 Å². The zero-order chi connectivity index (χ0) is 15.6. The summed E-state index contributed by atoms with van der Waals surface area (Å²) in [5.74, 6) is -1.33. The standard InChI is InChI=1S/C12H12N2O6S/c1-2-20-12(16)8-7-11(15)14(13-8)9-5-3-4-6-10(9)21(17,18)19/h3-6H,2,7H2,1H3,(H,17,18,19). The van der Waals surface area contributed by atoms with E-state index >= 15 is 0 Å². The van der Waals surface area contributed by atoms with Crippen molar-refractivity contribution < 1.29 is 27.3 Å². The highest BCUT2D eigenvalue weighted by Gasteiger charge is 2.33. The molecule has 1 aliphatic rings. The number of anilines is 1. The second-order valence-electron chi connectivity index (χ2n) is 4.09. The monoisotopic (exact) mass is 312 g/mol. The fourth-order valence-corrected chi connectivity index (χ4v) is 2.47. The van der Waals surface area contributed by atoms with E-state index in [1.165, 1.54) is 18.2 Å². The molecule has 1 N–H and O–H groups in total. The summed E-state index contributed by atoms with van der Waals surface area (Å²) in [6.45, 7) is 1.74. The van der Waals surface area contributed by atoms with Gasteiger partial charge in [-0.05, 0) is 19.1 Å². The quantitative estimate of drug-likeness (QED) is 0.643. The van der Waals surface area contributed by atoms with Crippen LogP contribution in [0, 0.1) is 0 Å². The summed E-state index contributed by atoms with van der Waals surface area (Å²) >= 11 is 0. The molecule has 1 aliphatic heterocycles. The average molecular weight is 312 g/mol. The fourth-order valence-electron chi connectivity index (χ4n) is 1.80. The van der Waals surface area contributed by atoms with E-state index in [0.717, 1.165) is 11.1 Å². The molecule has 9 heteroatoms. The van der Waals surface area contributed by atoms with E-state index in [0.29, 0.717) is 0 Å². The van der Waals surface area contributed by atoms with Gasteiger partial charge in [-0.2, -0.15) is 18.5 Å². The summed E-state index contributed by atoms with van der Waals surface area (Å²) in [6, 6.07) is 5.31. The Morgan fingerprint density at radius 1 is 1.43 bits per heavy atom. The lowest BCUT2D eigenvalue weighted by atomic mass is 10.2. The van der Waals surface area contributed by atoms with Gasteiger partial charge in [0.05, 0.1) is 18.7 Å². The summed E-state index contributed by atoms with van der Waals surface area (Å²) in [6.07, 6.45) is -0.293. The highest BCUT2D eigenvalue weighted by molar-refractivity contribution is 7.86. The predicted molar refractivity (Wildman–Crippen MR) is 72.4 cm³/mol. The van der Waals surface area contributed by atoms with E-state index in [-0.39, 0.29) is 24.4 Å². The van der Waals surface area contributed by atoms with Crippen molar-refractivity contribution in [3.8, 4) is 0 Å². The van der Waals surface area contributed by atoms with E-state index in [9.17, 15) is 18.0 Å². The topological polar surface area (TPSA) is 113 Å². The molecule has 1 heterocycles. The second-order valence-corrected chi connectivity index (χ2v) is 5.48. The van der Waals surface area contributed by atoms with Crippen LogP contribution in [0.3, 0.4) is 0 Å². The minimum atomic E-state index is -4.52. The molecule has 0 radical (unpaired) electrons. The Morgan fingerprint density at radius 3 is 2.71 bits per heavy atom. The van der Waals surface area contributed by atoms with Gasteiger partial charge in [0.2, 0.25) is 0 Å². The molecule has 0 saturated carbocycles. The Labute approximate surface area is 120 Å². The van der Waals surface area contributed by atoms with Crippen LogP contribution in [0.15, 0.2) is 34.3 Å². The van der Waals surface area contributed by atoms with Crippen molar-refractivity contribution in [2.24, 2.45) is 5.10 Å². The number of hydrogen-bond donors (Lipinski definition) is 1. The molecule has 0 aliphatic carbocycles. The summed E-state index contributed by atoms with van der Waals surface area (Å²) in [5.41, 5.74) is -0.240. The molecule has 0 spiro atoms. The van der Waals surface area contributed by atoms with Crippen LogP contribution in [-0.2, 0) is 24.4 Å². The molecule has 1 aromatic carbocycles. The van der Waals surface area contributed by atoms with Crippen LogP contribution in [0.25, 0.3) is 0 Å². The van der Waals surface area contributed by atoms with Crippen LogP contribution in [0.5, 0.6) is 0 Å². The Bertz CT molecular complexity index is 725. The van der Waals surface area contributed by atoms with E-state index in [2.05, 4.69) is 5.10 Å². The summed E-state index contributed by atoms with van der Waals surface area (Å²) in [5, 5.41) is 4.56. The maximum atomic E-state index is 11.9. The van der Waals surface area contributed by atoms with Gasteiger partial charge in [-0.25, -0.2) is 4.79 Å². The number of nitrogens with zero attached hydrogens (tertiary/aromatic N) is 2. The van der Waals surface area contributed by atoms with Crippen LogP contribution in [0.2, 0.25) is 0 Å². The van der Waals surface area contributed by atoms with Crippen LogP contribution < -0.4 is 5.01 Å². The molecule has 0 unspecified atom stereocenters. The SMILES string of the molecule is CCOC(=O)C1=NN(c2ccccc2S(=O)(=O)O)C(=O)C1. The summed E-state index contributed by atoms with van der Waals surface area (Å²) in [7, 11) is -4.52. The first-order valence-electron chi connectivity index (χ1n) is 5.98. The minimum Gasteiger partial charge on any atom is -0.461 e. The second kappa shape index (κ2) is 5.62. The summed E-state index contributed by atoms with van der Waals surface area (Å²) < 4.78 is 36.5. The number of benzene rings is 1. The minimum absolute atomic E-state index is 0.119. The number of ether oxygens (including phenoxy) is 1. The molecule has 1 amide bonds. The molecule has 8 nitrogen and oxygen atoms in total. The van der Waals surface area contributed by atoms with Crippen molar-refractivity contribution in [3.63, 3.8) is 0 Å². The molecule has 0 fully saturated rings. The predicted octanol–water partition coefficient (Wildman–Crippen LogP) is 0.589. The third-order valence-corrected chi connectivity index (χ3v) is 3.56. The number of rotatable bonds is 4. The molecule has 1 aromatic rings. The van der Waals surface area contributed by atoms with E-state index in [1.807, 2.05) is 0 Å².